The number of rotatable bonds is 8. The van der Waals surface area contributed by atoms with Gasteiger partial charge in [0.15, 0.2) is 0 Å². The Morgan fingerprint density at radius 2 is 1.76 bits per heavy atom. The molecule has 0 atom stereocenters. The Balaban J connectivity index is 1.23. The van der Waals surface area contributed by atoms with E-state index < -0.39 is 5.97 Å². The van der Waals surface area contributed by atoms with E-state index in [1.165, 1.54) is 12.5 Å². The van der Waals surface area contributed by atoms with Crippen molar-refractivity contribution in [3.05, 3.63) is 71.9 Å². The molecular weight excluding hydrogens is 464 g/mol. The highest BCUT2D eigenvalue weighted by Crippen LogP contribution is 2.37. The van der Waals surface area contributed by atoms with Crippen LogP contribution >= 0.6 is 0 Å². The highest BCUT2D eigenvalue weighted by atomic mass is 16.4. The molecule has 5 rings (SSSR count). The lowest BCUT2D eigenvalue weighted by molar-refractivity contribution is -0.138. The molecule has 0 spiro atoms. The van der Waals surface area contributed by atoms with Gasteiger partial charge in [0.2, 0.25) is 5.91 Å². The number of benzene rings is 2. The average molecular weight is 497 g/mol. The number of nitrogens with one attached hydrogen (secondary N) is 2. The van der Waals surface area contributed by atoms with Crippen molar-refractivity contribution >= 4 is 22.9 Å². The van der Waals surface area contributed by atoms with Gasteiger partial charge >= 0.3 is 5.97 Å². The minimum absolute atomic E-state index is 0.0197. The van der Waals surface area contributed by atoms with E-state index in [1.54, 1.807) is 0 Å². The molecular formula is C30H32N4O3. The van der Waals surface area contributed by atoms with Crippen LogP contribution in [-0.4, -0.2) is 38.5 Å². The van der Waals surface area contributed by atoms with Gasteiger partial charge in [-0.1, -0.05) is 30.3 Å². The number of imidazole rings is 1. The van der Waals surface area contributed by atoms with E-state index in [1.807, 2.05) is 30.5 Å². The van der Waals surface area contributed by atoms with Gasteiger partial charge in [-0.05, 0) is 79.3 Å². The van der Waals surface area contributed by atoms with Gasteiger partial charge in [0.05, 0.1) is 16.7 Å². The number of carboxylic acids is 1. The van der Waals surface area contributed by atoms with Crippen molar-refractivity contribution in [2.24, 2.45) is 5.92 Å². The fraction of sp³-hybridized carbons (Fsp3) is 0.333. The van der Waals surface area contributed by atoms with Crippen LogP contribution in [0.2, 0.25) is 0 Å². The van der Waals surface area contributed by atoms with E-state index in [0.717, 1.165) is 71.3 Å². The largest absolute Gasteiger partial charge is 0.481 e. The first-order valence-corrected chi connectivity index (χ1v) is 13.0. The zero-order chi connectivity index (χ0) is 25.8. The number of carboxylic acid groups (broad SMARTS) is 1. The van der Waals surface area contributed by atoms with Crippen molar-refractivity contribution in [1.82, 2.24) is 20.3 Å². The minimum atomic E-state index is -0.684. The average Bonchev–Trinajstić information content (AvgIpc) is 3.32. The summed E-state index contributed by atoms with van der Waals surface area (Å²) >= 11 is 0. The molecule has 0 aliphatic heterocycles. The number of carbonyl (C=O) groups is 2. The molecule has 2 aromatic carbocycles. The maximum Gasteiger partial charge on any atom is 0.303 e. The first-order chi connectivity index (χ1) is 17.9. The van der Waals surface area contributed by atoms with Gasteiger partial charge in [-0.2, -0.15) is 0 Å². The van der Waals surface area contributed by atoms with Crippen LogP contribution in [0.1, 0.15) is 56.1 Å². The fourth-order valence-electron chi connectivity index (χ4n) is 5.31. The fourth-order valence-corrected chi connectivity index (χ4v) is 5.31. The summed E-state index contributed by atoms with van der Waals surface area (Å²) in [4.78, 5) is 34.9. The first kappa shape index (κ1) is 24.7. The number of nitrogens with zero attached hydrogens (tertiary/aromatic N) is 2. The number of aromatic nitrogens is 3. The normalized spacial score (nSPS) is 17.5. The molecule has 7 heteroatoms. The summed E-state index contributed by atoms with van der Waals surface area (Å²) in [5, 5.41) is 11.9. The molecule has 1 aliphatic carbocycles. The Morgan fingerprint density at radius 3 is 2.43 bits per heavy atom. The van der Waals surface area contributed by atoms with Crippen molar-refractivity contribution < 1.29 is 14.7 Å². The van der Waals surface area contributed by atoms with Crippen molar-refractivity contribution in [1.29, 1.82) is 0 Å². The molecule has 0 unspecified atom stereocenters. The van der Waals surface area contributed by atoms with Crippen molar-refractivity contribution in [2.75, 3.05) is 6.54 Å². The van der Waals surface area contributed by atoms with Crippen molar-refractivity contribution in [3.63, 3.8) is 0 Å². The number of hydrogen-bond acceptors (Lipinski definition) is 4. The van der Waals surface area contributed by atoms with Gasteiger partial charge in [-0.25, -0.2) is 4.98 Å². The monoisotopic (exact) mass is 496 g/mol. The quantitative estimate of drug-likeness (QED) is 0.289. The third-order valence-corrected chi connectivity index (χ3v) is 7.36. The Bertz CT molecular complexity index is 1380. The third-order valence-electron chi connectivity index (χ3n) is 7.36. The second-order valence-electron chi connectivity index (χ2n) is 10.0. The molecule has 0 bridgehead atoms. The molecule has 3 N–H and O–H groups in total. The molecule has 1 fully saturated rings. The Labute approximate surface area is 216 Å². The Morgan fingerprint density at radius 1 is 1.00 bits per heavy atom. The van der Waals surface area contributed by atoms with Gasteiger partial charge < -0.3 is 15.4 Å². The predicted molar refractivity (Wildman–Crippen MR) is 144 cm³/mol. The molecule has 7 nitrogen and oxygen atoms in total. The Hall–Kier alpha value is -4.00. The summed E-state index contributed by atoms with van der Waals surface area (Å²) in [7, 11) is 0. The summed E-state index contributed by atoms with van der Waals surface area (Å²) < 4.78 is 0. The summed E-state index contributed by atoms with van der Waals surface area (Å²) in [6.45, 7) is 2.14. The molecule has 1 saturated carbocycles. The number of aromatic amines is 1. The van der Waals surface area contributed by atoms with Gasteiger partial charge in [0, 0.05) is 37.2 Å². The molecule has 1 amide bonds. The summed E-state index contributed by atoms with van der Waals surface area (Å²) in [6, 6.07) is 18.8. The van der Waals surface area contributed by atoms with Crippen LogP contribution in [0, 0.1) is 5.92 Å². The number of amides is 1. The second-order valence-corrected chi connectivity index (χ2v) is 10.0. The molecule has 2 heterocycles. The highest BCUT2D eigenvalue weighted by molar-refractivity contribution is 5.80. The molecule has 0 radical (unpaired) electrons. The molecule has 37 heavy (non-hydrogen) atoms. The molecule has 0 saturated heterocycles. The topological polar surface area (TPSA) is 108 Å². The highest BCUT2D eigenvalue weighted by Gasteiger charge is 2.24. The molecule has 1 aliphatic rings. The van der Waals surface area contributed by atoms with Crippen LogP contribution in [0.25, 0.3) is 33.7 Å². The van der Waals surface area contributed by atoms with E-state index in [9.17, 15) is 9.59 Å². The zero-order valence-corrected chi connectivity index (χ0v) is 21.0. The second kappa shape index (κ2) is 10.9. The maximum absolute atomic E-state index is 11.1. The number of carbonyl (C=O) groups excluding carboxylic acids is 1. The zero-order valence-electron chi connectivity index (χ0n) is 21.0. The van der Waals surface area contributed by atoms with Crippen LogP contribution in [0.4, 0.5) is 0 Å². The third kappa shape index (κ3) is 6.05. The van der Waals surface area contributed by atoms with Crippen LogP contribution in [0.3, 0.4) is 0 Å². The summed E-state index contributed by atoms with van der Waals surface area (Å²) in [5.41, 5.74) is 7.24. The van der Waals surface area contributed by atoms with Gasteiger partial charge in [-0.3, -0.25) is 14.6 Å². The number of fused-ring (bicyclic) bond motifs is 1. The van der Waals surface area contributed by atoms with E-state index >= 15 is 0 Å². The van der Waals surface area contributed by atoms with Gasteiger partial charge in [0.1, 0.15) is 5.82 Å². The lowest BCUT2D eigenvalue weighted by atomic mass is 9.77. The smallest absolute Gasteiger partial charge is 0.303 e. The van der Waals surface area contributed by atoms with E-state index in [2.05, 4.69) is 40.6 Å². The molecule has 4 aromatic rings. The predicted octanol–water partition coefficient (Wildman–Crippen LogP) is 5.72. The van der Waals surface area contributed by atoms with E-state index in [-0.39, 0.29) is 5.91 Å². The van der Waals surface area contributed by atoms with Crippen molar-refractivity contribution in [2.45, 2.75) is 51.4 Å². The Kier molecular flexibility index (Phi) is 7.30. The number of hydrogen-bond donors (Lipinski definition) is 3. The van der Waals surface area contributed by atoms with Gasteiger partial charge in [0.25, 0.3) is 0 Å². The molecule has 2 aromatic heterocycles. The SMILES string of the molecule is CC(=O)NCCc1ccc2nc(-c3ccc(-c4ccc(C5CCC(CC(=O)O)CC5)cc4)nc3)[nH]c2c1. The lowest BCUT2D eigenvalue weighted by Gasteiger charge is -2.28. The van der Waals surface area contributed by atoms with Crippen LogP contribution in [0.15, 0.2) is 60.8 Å². The molecule has 190 valence electrons. The van der Waals surface area contributed by atoms with E-state index in [4.69, 9.17) is 15.1 Å². The standard InChI is InChI=1S/C30H32N4O3/c1-19(35)31-15-14-21-4-12-27-28(16-21)34-30(33-27)25-11-13-26(32-18-25)24-9-7-23(8-10-24)22-5-2-20(3-6-22)17-29(36)37/h4,7-13,16,18,20,22H,2-3,5-6,14-15,17H2,1H3,(H,31,35)(H,33,34)(H,36,37). The van der Waals surface area contributed by atoms with Gasteiger partial charge in [-0.15, -0.1) is 0 Å². The van der Waals surface area contributed by atoms with Crippen LogP contribution in [0.5, 0.6) is 0 Å². The lowest BCUT2D eigenvalue weighted by Crippen LogP contribution is -2.22. The van der Waals surface area contributed by atoms with Crippen LogP contribution in [-0.2, 0) is 16.0 Å². The van der Waals surface area contributed by atoms with Crippen LogP contribution < -0.4 is 5.32 Å². The van der Waals surface area contributed by atoms with Crippen molar-refractivity contribution in [3.8, 4) is 22.6 Å². The number of aliphatic carboxylic acids is 1. The number of pyridine rings is 1. The van der Waals surface area contributed by atoms with E-state index in [0.29, 0.717) is 24.8 Å². The first-order valence-electron chi connectivity index (χ1n) is 13.0. The minimum Gasteiger partial charge on any atom is -0.481 e. The summed E-state index contributed by atoms with van der Waals surface area (Å²) in [5.74, 6) is 0.902. The maximum atomic E-state index is 11.1. The number of H-pyrrole nitrogens is 1. The summed E-state index contributed by atoms with van der Waals surface area (Å²) in [6.07, 6.45) is 7.00.